The van der Waals surface area contributed by atoms with Crippen LogP contribution in [0.25, 0.3) is 0 Å². The van der Waals surface area contributed by atoms with Crippen molar-refractivity contribution in [1.29, 1.82) is 0 Å². The zero-order valence-corrected chi connectivity index (χ0v) is 20.9. The van der Waals surface area contributed by atoms with Crippen molar-refractivity contribution in [1.82, 2.24) is 0 Å². The minimum absolute atomic E-state index is 0.135. The highest BCUT2D eigenvalue weighted by atomic mass is 32.2. The number of ether oxygens (including phenoxy) is 1. The van der Waals surface area contributed by atoms with Gasteiger partial charge in [0.2, 0.25) is 5.91 Å². The van der Waals surface area contributed by atoms with Crippen LogP contribution in [-0.4, -0.2) is 47.2 Å². The van der Waals surface area contributed by atoms with Gasteiger partial charge in [-0.25, -0.2) is 8.42 Å². The highest BCUT2D eigenvalue weighted by Crippen LogP contribution is 2.26. The van der Waals surface area contributed by atoms with Crippen molar-refractivity contribution in [3.63, 3.8) is 0 Å². The topological polar surface area (TPSA) is 79.0 Å². The van der Waals surface area contributed by atoms with Gasteiger partial charge < -0.3 is 15.0 Å². The number of rotatable bonds is 8. The number of amides is 1. The molecule has 0 bridgehead atoms. The summed E-state index contributed by atoms with van der Waals surface area (Å²) in [5.74, 6) is -0.108. The van der Waals surface area contributed by atoms with Gasteiger partial charge in [0, 0.05) is 24.5 Å². The Hall–Kier alpha value is -3.36. The van der Waals surface area contributed by atoms with E-state index in [-0.39, 0.29) is 11.4 Å². The first-order valence-electron chi connectivity index (χ1n) is 11.7. The van der Waals surface area contributed by atoms with E-state index >= 15 is 0 Å². The number of nitrogens with zero attached hydrogens (tertiary/aromatic N) is 2. The van der Waals surface area contributed by atoms with Gasteiger partial charge >= 0.3 is 0 Å². The average Bonchev–Trinajstić information content (AvgIpc) is 2.89. The van der Waals surface area contributed by atoms with Gasteiger partial charge in [0.25, 0.3) is 10.0 Å². The van der Waals surface area contributed by atoms with Crippen LogP contribution in [0.3, 0.4) is 0 Å². The molecule has 3 aromatic carbocycles. The van der Waals surface area contributed by atoms with Gasteiger partial charge in [0.1, 0.15) is 6.54 Å². The van der Waals surface area contributed by atoms with E-state index in [2.05, 4.69) is 24.1 Å². The summed E-state index contributed by atoms with van der Waals surface area (Å²) in [6, 6.07) is 23.0. The fourth-order valence-corrected chi connectivity index (χ4v) is 5.41. The van der Waals surface area contributed by atoms with Crippen LogP contribution in [0.4, 0.5) is 17.1 Å². The van der Waals surface area contributed by atoms with Crippen molar-refractivity contribution < 1.29 is 17.9 Å². The quantitative estimate of drug-likeness (QED) is 0.501. The number of morpholine rings is 1. The largest absolute Gasteiger partial charge is 0.378 e. The van der Waals surface area contributed by atoms with Crippen molar-refractivity contribution >= 4 is 33.0 Å². The van der Waals surface area contributed by atoms with Crippen molar-refractivity contribution in [2.45, 2.75) is 24.7 Å². The van der Waals surface area contributed by atoms with E-state index in [1.54, 1.807) is 30.3 Å². The lowest BCUT2D eigenvalue weighted by Crippen LogP contribution is -2.38. The minimum Gasteiger partial charge on any atom is -0.378 e. The second-order valence-corrected chi connectivity index (χ2v) is 10.6. The molecule has 7 nitrogen and oxygen atoms in total. The van der Waals surface area contributed by atoms with Gasteiger partial charge in [-0.2, -0.15) is 0 Å². The van der Waals surface area contributed by atoms with E-state index in [1.807, 2.05) is 36.4 Å². The number of anilines is 3. The van der Waals surface area contributed by atoms with Gasteiger partial charge in [0.05, 0.1) is 23.8 Å². The first-order chi connectivity index (χ1) is 16.8. The van der Waals surface area contributed by atoms with Gasteiger partial charge in [-0.3, -0.25) is 9.10 Å². The SMILES string of the molecule is CC(C)c1ccc(N(CC(=O)Nc2ccc(N3CCOCC3)cc2)S(=O)(=O)c2ccccc2)cc1. The molecule has 8 heteroatoms. The van der Waals surface area contributed by atoms with Crippen molar-refractivity contribution in [2.24, 2.45) is 0 Å². The molecule has 0 saturated carbocycles. The lowest BCUT2D eigenvalue weighted by Gasteiger charge is -2.29. The number of hydrogen-bond donors (Lipinski definition) is 1. The molecule has 1 amide bonds. The summed E-state index contributed by atoms with van der Waals surface area (Å²) in [7, 11) is -3.94. The number of carbonyl (C=O) groups excluding carboxylic acids is 1. The predicted molar refractivity (Wildman–Crippen MR) is 140 cm³/mol. The molecule has 184 valence electrons. The third kappa shape index (κ3) is 6.01. The predicted octanol–water partition coefficient (Wildman–Crippen LogP) is 4.48. The van der Waals surface area contributed by atoms with Crippen LogP contribution in [0.15, 0.2) is 83.8 Å². The molecule has 0 radical (unpaired) electrons. The summed E-state index contributed by atoms with van der Waals surface area (Å²) >= 11 is 0. The van der Waals surface area contributed by atoms with Crippen LogP contribution in [0.2, 0.25) is 0 Å². The highest BCUT2D eigenvalue weighted by molar-refractivity contribution is 7.92. The molecular weight excluding hydrogens is 462 g/mol. The van der Waals surface area contributed by atoms with Gasteiger partial charge in [-0.05, 0) is 60.0 Å². The number of carbonyl (C=O) groups is 1. The molecule has 1 saturated heterocycles. The smallest absolute Gasteiger partial charge is 0.264 e. The fraction of sp³-hybridized carbons (Fsp3) is 0.296. The van der Waals surface area contributed by atoms with Crippen LogP contribution in [0, 0.1) is 0 Å². The van der Waals surface area contributed by atoms with Gasteiger partial charge in [0.15, 0.2) is 0 Å². The number of nitrogens with one attached hydrogen (secondary N) is 1. The molecule has 1 N–H and O–H groups in total. The molecule has 1 aliphatic rings. The summed E-state index contributed by atoms with van der Waals surface area (Å²) < 4.78 is 33.5. The Morgan fingerprint density at radius 1 is 0.943 bits per heavy atom. The van der Waals surface area contributed by atoms with Crippen LogP contribution in [-0.2, 0) is 19.6 Å². The Bertz CT molecular complexity index is 1220. The zero-order chi connectivity index (χ0) is 24.8. The summed E-state index contributed by atoms with van der Waals surface area (Å²) in [6.07, 6.45) is 0. The first kappa shape index (κ1) is 24.8. The van der Waals surface area contributed by atoms with Gasteiger partial charge in [-0.1, -0.05) is 44.2 Å². The summed E-state index contributed by atoms with van der Waals surface area (Å²) in [5.41, 5.74) is 3.20. The molecule has 3 aromatic rings. The maximum absolute atomic E-state index is 13.5. The van der Waals surface area contributed by atoms with Crippen molar-refractivity contribution in [2.75, 3.05) is 47.4 Å². The molecular formula is C27H31N3O4S. The van der Waals surface area contributed by atoms with Crippen LogP contribution in [0.5, 0.6) is 0 Å². The van der Waals surface area contributed by atoms with E-state index in [0.717, 1.165) is 28.6 Å². The molecule has 0 aliphatic carbocycles. The summed E-state index contributed by atoms with van der Waals surface area (Å²) in [4.78, 5) is 15.4. The lowest BCUT2D eigenvalue weighted by atomic mass is 10.0. The van der Waals surface area contributed by atoms with Crippen molar-refractivity contribution in [3.8, 4) is 0 Å². The normalized spacial score (nSPS) is 14.1. The molecule has 1 heterocycles. The zero-order valence-electron chi connectivity index (χ0n) is 20.1. The third-order valence-electron chi connectivity index (χ3n) is 5.99. The lowest BCUT2D eigenvalue weighted by molar-refractivity contribution is -0.114. The van der Waals surface area contributed by atoms with E-state index in [9.17, 15) is 13.2 Å². The molecule has 1 aliphatic heterocycles. The van der Waals surface area contributed by atoms with Gasteiger partial charge in [-0.15, -0.1) is 0 Å². The second-order valence-electron chi connectivity index (χ2n) is 8.77. The van der Waals surface area contributed by atoms with Crippen LogP contribution < -0.4 is 14.5 Å². The summed E-state index contributed by atoms with van der Waals surface area (Å²) in [5, 5.41) is 2.84. The second kappa shape index (κ2) is 10.9. The standard InChI is InChI=1S/C27H31N3O4S/c1-21(2)22-8-12-25(13-9-22)30(35(32,33)26-6-4-3-5-7-26)20-27(31)28-23-10-14-24(15-11-23)29-16-18-34-19-17-29/h3-15,21H,16-20H2,1-2H3,(H,28,31). The minimum atomic E-state index is -3.94. The Balaban J connectivity index is 1.54. The highest BCUT2D eigenvalue weighted by Gasteiger charge is 2.27. The average molecular weight is 494 g/mol. The van der Waals surface area contributed by atoms with E-state index in [4.69, 9.17) is 4.74 Å². The Morgan fingerprint density at radius 3 is 2.17 bits per heavy atom. The molecule has 35 heavy (non-hydrogen) atoms. The molecule has 4 rings (SSSR count). The van der Waals surface area contributed by atoms with Crippen LogP contribution >= 0.6 is 0 Å². The number of sulfonamides is 1. The molecule has 0 aromatic heterocycles. The molecule has 0 atom stereocenters. The number of hydrogen-bond acceptors (Lipinski definition) is 5. The Morgan fingerprint density at radius 2 is 1.57 bits per heavy atom. The van der Waals surface area contributed by atoms with E-state index < -0.39 is 15.9 Å². The van der Waals surface area contributed by atoms with Crippen LogP contribution in [0.1, 0.15) is 25.3 Å². The summed E-state index contributed by atoms with van der Waals surface area (Å²) in [6.45, 7) is 6.85. The first-order valence-corrected chi connectivity index (χ1v) is 13.2. The van der Waals surface area contributed by atoms with E-state index in [0.29, 0.717) is 30.5 Å². The molecule has 0 spiro atoms. The molecule has 0 unspecified atom stereocenters. The third-order valence-corrected chi connectivity index (χ3v) is 7.78. The van der Waals surface area contributed by atoms with E-state index in [1.165, 1.54) is 12.1 Å². The Kier molecular flexibility index (Phi) is 7.73. The van der Waals surface area contributed by atoms with Crippen molar-refractivity contribution in [3.05, 3.63) is 84.4 Å². The Labute approximate surface area is 207 Å². The fourth-order valence-electron chi connectivity index (χ4n) is 3.97. The number of benzene rings is 3. The monoisotopic (exact) mass is 493 g/mol. The maximum atomic E-state index is 13.5. The molecule has 1 fully saturated rings. The maximum Gasteiger partial charge on any atom is 0.264 e.